The highest BCUT2D eigenvalue weighted by atomic mass is 16.3. The van der Waals surface area contributed by atoms with Gasteiger partial charge in [-0.3, -0.25) is 14.5 Å². The van der Waals surface area contributed by atoms with Crippen LogP contribution in [-0.4, -0.2) is 28.9 Å². The maximum absolute atomic E-state index is 12.0. The Morgan fingerprint density at radius 3 is 2.33 bits per heavy atom. The van der Waals surface area contributed by atoms with E-state index in [0.717, 1.165) is 11.1 Å². The Kier molecular flexibility index (Phi) is 2.99. The van der Waals surface area contributed by atoms with Crippen molar-refractivity contribution in [3.63, 3.8) is 0 Å². The molecule has 2 atom stereocenters. The molecule has 0 fully saturated rings. The van der Waals surface area contributed by atoms with E-state index < -0.39 is 23.8 Å². The predicted molar refractivity (Wildman–Crippen MR) is 68.9 cm³/mol. The second-order valence-electron chi connectivity index (χ2n) is 4.96. The summed E-state index contributed by atoms with van der Waals surface area (Å²) in [7, 11) is 0. The maximum Gasteiger partial charge on any atom is 0.299 e. The molecule has 96 valence electrons. The van der Waals surface area contributed by atoms with Gasteiger partial charge in [0.15, 0.2) is 0 Å². The normalized spacial score (nSPS) is 17.9. The molecule has 1 aliphatic heterocycles. The topological polar surface area (TPSA) is 57.6 Å². The van der Waals surface area contributed by atoms with Crippen molar-refractivity contribution in [2.24, 2.45) is 0 Å². The lowest BCUT2D eigenvalue weighted by Crippen LogP contribution is -2.43. The van der Waals surface area contributed by atoms with E-state index in [-0.39, 0.29) is 0 Å². The Morgan fingerprint density at radius 1 is 1.17 bits per heavy atom. The minimum absolute atomic E-state index is 0.413. The van der Waals surface area contributed by atoms with Crippen LogP contribution in [0.4, 0.5) is 5.69 Å². The first-order chi connectivity index (χ1) is 8.34. The maximum atomic E-state index is 12.0. The fourth-order valence-electron chi connectivity index (χ4n) is 2.38. The molecule has 2 rings (SSSR count). The number of benzene rings is 1. The second-order valence-corrected chi connectivity index (χ2v) is 4.96. The Bertz CT molecular complexity index is 534. The molecule has 0 radical (unpaired) electrons. The molecule has 1 amide bonds. The smallest absolute Gasteiger partial charge is 0.299 e. The van der Waals surface area contributed by atoms with Crippen molar-refractivity contribution < 1.29 is 14.7 Å². The molecule has 1 N–H and O–H groups in total. The number of hydrogen-bond donors (Lipinski definition) is 1. The highest BCUT2D eigenvalue weighted by molar-refractivity contribution is 6.52. The molecule has 0 saturated carbocycles. The van der Waals surface area contributed by atoms with Gasteiger partial charge >= 0.3 is 0 Å². The number of carbonyl (C=O) groups excluding carboxylic acids is 2. The first-order valence-corrected chi connectivity index (χ1v) is 6.01. The molecular formula is C14H17NO3. The number of ketones is 1. The lowest BCUT2D eigenvalue weighted by molar-refractivity contribution is -0.115. The van der Waals surface area contributed by atoms with E-state index in [1.807, 2.05) is 19.9 Å². The number of Topliss-reactive ketones (excluding diaryl/α,β-unsaturated/α-hetero) is 1. The average Bonchev–Trinajstić information content (AvgIpc) is 2.52. The Morgan fingerprint density at radius 2 is 1.78 bits per heavy atom. The van der Waals surface area contributed by atoms with Crippen molar-refractivity contribution >= 4 is 17.4 Å². The van der Waals surface area contributed by atoms with Crippen molar-refractivity contribution in [1.82, 2.24) is 0 Å². The molecule has 1 aromatic carbocycles. The van der Waals surface area contributed by atoms with Gasteiger partial charge in [-0.05, 0) is 44.9 Å². The lowest BCUT2D eigenvalue weighted by Gasteiger charge is -2.28. The minimum Gasteiger partial charge on any atom is -0.391 e. The van der Waals surface area contributed by atoms with Crippen molar-refractivity contribution in [1.29, 1.82) is 0 Å². The van der Waals surface area contributed by atoms with Crippen LogP contribution < -0.4 is 4.90 Å². The molecule has 0 spiro atoms. The van der Waals surface area contributed by atoms with Crippen LogP contribution in [-0.2, 0) is 4.79 Å². The van der Waals surface area contributed by atoms with E-state index in [2.05, 4.69) is 0 Å². The largest absolute Gasteiger partial charge is 0.391 e. The minimum atomic E-state index is -0.687. The monoisotopic (exact) mass is 247 g/mol. The van der Waals surface area contributed by atoms with E-state index in [1.54, 1.807) is 19.9 Å². The Hall–Kier alpha value is -1.68. The predicted octanol–water partition coefficient (Wildman–Crippen LogP) is 1.60. The van der Waals surface area contributed by atoms with E-state index in [9.17, 15) is 14.7 Å². The number of rotatable bonds is 2. The van der Waals surface area contributed by atoms with Gasteiger partial charge in [-0.2, -0.15) is 0 Å². The number of anilines is 1. The molecule has 1 heterocycles. The summed E-state index contributed by atoms with van der Waals surface area (Å²) in [5.74, 6) is -1.03. The third kappa shape index (κ3) is 1.73. The van der Waals surface area contributed by atoms with E-state index in [1.165, 1.54) is 4.90 Å². The standard InChI is InChI=1S/C14H17NO3/c1-7-5-8(2)12-11(6-7)13(17)14(18)15(12)9(3)10(4)16/h5-6,9-10,16H,1-4H3. The molecular weight excluding hydrogens is 230 g/mol. The highest BCUT2D eigenvalue weighted by Gasteiger charge is 2.40. The number of aryl methyl sites for hydroxylation is 2. The summed E-state index contributed by atoms with van der Waals surface area (Å²) in [6, 6.07) is 3.26. The number of amides is 1. The number of fused-ring (bicyclic) bond motifs is 1. The summed E-state index contributed by atoms with van der Waals surface area (Å²) in [4.78, 5) is 25.4. The molecule has 1 aliphatic rings. The SMILES string of the molecule is Cc1cc(C)c2c(c1)C(=O)C(=O)N2C(C)C(C)O. The first-order valence-electron chi connectivity index (χ1n) is 6.01. The summed E-state index contributed by atoms with van der Waals surface area (Å²) in [6.07, 6.45) is -0.687. The van der Waals surface area contributed by atoms with Crippen LogP contribution in [0.1, 0.15) is 35.3 Å². The molecule has 0 aliphatic carbocycles. The third-order valence-electron chi connectivity index (χ3n) is 3.45. The van der Waals surface area contributed by atoms with Gasteiger partial charge in [-0.1, -0.05) is 6.07 Å². The van der Waals surface area contributed by atoms with Gasteiger partial charge in [0.25, 0.3) is 11.7 Å². The summed E-state index contributed by atoms with van der Waals surface area (Å²) in [5.41, 5.74) is 2.93. The van der Waals surface area contributed by atoms with Crippen LogP contribution in [0.15, 0.2) is 12.1 Å². The molecule has 2 unspecified atom stereocenters. The van der Waals surface area contributed by atoms with E-state index in [0.29, 0.717) is 11.3 Å². The number of aliphatic hydroxyl groups excluding tert-OH is 1. The van der Waals surface area contributed by atoms with Crippen molar-refractivity contribution in [3.05, 3.63) is 28.8 Å². The molecule has 0 bridgehead atoms. The summed E-state index contributed by atoms with van der Waals surface area (Å²) in [5, 5.41) is 9.65. The molecule has 4 nitrogen and oxygen atoms in total. The average molecular weight is 247 g/mol. The summed E-state index contributed by atoms with van der Waals surface area (Å²) >= 11 is 0. The van der Waals surface area contributed by atoms with Gasteiger partial charge in [0, 0.05) is 0 Å². The van der Waals surface area contributed by atoms with Crippen LogP contribution >= 0.6 is 0 Å². The third-order valence-corrected chi connectivity index (χ3v) is 3.45. The molecule has 4 heteroatoms. The molecule has 0 saturated heterocycles. The molecule has 18 heavy (non-hydrogen) atoms. The number of nitrogens with zero attached hydrogens (tertiary/aromatic N) is 1. The van der Waals surface area contributed by atoms with E-state index in [4.69, 9.17) is 0 Å². The Labute approximate surface area is 106 Å². The Balaban J connectivity index is 2.62. The van der Waals surface area contributed by atoms with Gasteiger partial charge in [-0.25, -0.2) is 0 Å². The summed E-state index contributed by atoms with van der Waals surface area (Å²) < 4.78 is 0. The van der Waals surface area contributed by atoms with Gasteiger partial charge in [0.2, 0.25) is 0 Å². The van der Waals surface area contributed by atoms with Gasteiger partial charge < -0.3 is 5.11 Å². The molecule has 1 aromatic rings. The fourth-order valence-corrected chi connectivity index (χ4v) is 2.38. The van der Waals surface area contributed by atoms with Crippen molar-refractivity contribution in [2.75, 3.05) is 4.90 Å². The summed E-state index contributed by atoms with van der Waals surface area (Å²) in [6.45, 7) is 7.12. The van der Waals surface area contributed by atoms with Crippen LogP contribution in [0, 0.1) is 13.8 Å². The fraction of sp³-hybridized carbons (Fsp3) is 0.429. The number of hydrogen-bond acceptors (Lipinski definition) is 3. The van der Waals surface area contributed by atoms with Gasteiger partial charge in [-0.15, -0.1) is 0 Å². The van der Waals surface area contributed by atoms with Crippen LogP contribution in [0.25, 0.3) is 0 Å². The van der Waals surface area contributed by atoms with Crippen molar-refractivity contribution in [2.45, 2.75) is 39.8 Å². The zero-order chi connectivity index (χ0) is 13.6. The molecule has 0 aromatic heterocycles. The lowest BCUT2D eigenvalue weighted by atomic mass is 10.0. The van der Waals surface area contributed by atoms with E-state index >= 15 is 0 Å². The van der Waals surface area contributed by atoms with Crippen LogP contribution in [0.3, 0.4) is 0 Å². The number of carbonyl (C=O) groups is 2. The second kappa shape index (κ2) is 4.21. The quantitative estimate of drug-likeness (QED) is 0.808. The van der Waals surface area contributed by atoms with Crippen LogP contribution in [0.2, 0.25) is 0 Å². The van der Waals surface area contributed by atoms with Crippen LogP contribution in [0.5, 0.6) is 0 Å². The highest BCUT2D eigenvalue weighted by Crippen LogP contribution is 2.35. The number of aliphatic hydroxyl groups is 1. The van der Waals surface area contributed by atoms with Gasteiger partial charge in [0.1, 0.15) is 0 Å². The first kappa shape index (κ1) is 12.8. The van der Waals surface area contributed by atoms with Gasteiger partial charge in [0.05, 0.1) is 23.4 Å². The zero-order valence-electron chi connectivity index (χ0n) is 11.0. The zero-order valence-corrected chi connectivity index (χ0v) is 11.0. The van der Waals surface area contributed by atoms with Crippen molar-refractivity contribution in [3.8, 4) is 0 Å².